The van der Waals surface area contributed by atoms with Gasteiger partial charge in [0.15, 0.2) is 15.7 Å². The monoisotopic (exact) mass is 406 g/mol. The normalized spacial score (nSPS) is 16.0. The van der Waals surface area contributed by atoms with Crippen LogP contribution >= 0.6 is 0 Å². The molecular formula is C19H26N4O4S. The molecule has 0 atom stereocenters. The fourth-order valence-corrected chi connectivity index (χ4v) is 5.47. The molecule has 1 aliphatic carbocycles. The maximum absolute atomic E-state index is 13.0. The van der Waals surface area contributed by atoms with E-state index in [2.05, 4.69) is 20.5 Å². The standard InChI is InChI=1S/C19H26N4O4S/c1-19(2,28(25,26)15-7-5-4-6-8-15)17(24)21-18-20-16(22-23-18)13-9-11-14(27-3)12-10-13/h9-12,15H,4-8H2,1-3H3,(H2,20,21,22,23,24). The summed E-state index contributed by atoms with van der Waals surface area (Å²) in [6.45, 7) is 2.90. The molecule has 1 amide bonds. The van der Waals surface area contributed by atoms with E-state index in [0.717, 1.165) is 24.8 Å². The number of hydrogen-bond acceptors (Lipinski definition) is 6. The lowest BCUT2D eigenvalue weighted by Gasteiger charge is -2.30. The predicted molar refractivity (Wildman–Crippen MR) is 107 cm³/mol. The average molecular weight is 407 g/mol. The molecule has 1 fully saturated rings. The maximum atomic E-state index is 13.0. The van der Waals surface area contributed by atoms with Crippen molar-refractivity contribution in [1.82, 2.24) is 15.2 Å². The molecule has 3 rings (SSSR count). The number of benzene rings is 1. The fourth-order valence-electron chi connectivity index (χ4n) is 3.37. The molecule has 0 radical (unpaired) electrons. The van der Waals surface area contributed by atoms with Crippen molar-refractivity contribution in [2.24, 2.45) is 0 Å². The van der Waals surface area contributed by atoms with E-state index in [0.29, 0.717) is 24.4 Å². The molecule has 0 spiro atoms. The van der Waals surface area contributed by atoms with E-state index >= 15 is 0 Å². The molecule has 8 nitrogen and oxygen atoms in total. The van der Waals surface area contributed by atoms with Crippen molar-refractivity contribution < 1.29 is 17.9 Å². The number of carbonyl (C=O) groups excluding carboxylic acids is 1. The zero-order valence-electron chi connectivity index (χ0n) is 16.4. The fraction of sp³-hybridized carbons (Fsp3) is 0.526. The van der Waals surface area contributed by atoms with Crippen molar-refractivity contribution in [3.63, 3.8) is 0 Å². The summed E-state index contributed by atoms with van der Waals surface area (Å²) in [5.74, 6) is 0.596. The molecule has 9 heteroatoms. The molecule has 0 bridgehead atoms. The summed E-state index contributed by atoms with van der Waals surface area (Å²) in [5, 5.41) is 8.82. The van der Waals surface area contributed by atoms with Gasteiger partial charge >= 0.3 is 0 Å². The number of H-pyrrole nitrogens is 1. The van der Waals surface area contributed by atoms with E-state index in [9.17, 15) is 13.2 Å². The third-order valence-corrected chi connectivity index (χ3v) is 8.28. The Morgan fingerprint density at radius 3 is 2.43 bits per heavy atom. The minimum atomic E-state index is -3.63. The van der Waals surface area contributed by atoms with Crippen molar-refractivity contribution in [1.29, 1.82) is 0 Å². The van der Waals surface area contributed by atoms with Gasteiger partial charge in [0.25, 0.3) is 0 Å². The molecule has 1 saturated carbocycles. The second-order valence-corrected chi connectivity index (χ2v) is 10.3. The number of amides is 1. The van der Waals surface area contributed by atoms with Crippen molar-refractivity contribution in [2.45, 2.75) is 55.9 Å². The topological polar surface area (TPSA) is 114 Å². The van der Waals surface area contributed by atoms with Crippen LogP contribution in [-0.4, -0.2) is 46.6 Å². The highest BCUT2D eigenvalue weighted by Gasteiger charge is 2.46. The Kier molecular flexibility index (Phi) is 5.74. The Balaban J connectivity index is 1.74. The molecule has 1 aromatic heterocycles. The molecule has 152 valence electrons. The Bertz CT molecular complexity index is 929. The first kappa shape index (κ1) is 20.3. The van der Waals surface area contributed by atoms with E-state index in [1.807, 2.05) is 12.1 Å². The van der Waals surface area contributed by atoms with Gasteiger partial charge in [-0.15, -0.1) is 5.10 Å². The van der Waals surface area contributed by atoms with Crippen LogP contribution < -0.4 is 10.1 Å². The zero-order valence-corrected chi connectivity index (χ0v) is 17.2. The summed E-state index contributed by atoms with van der Waals surface area (Å²) >= 11 is 0. The Hall–Kier alpha value is -2.42. The summed E-state index contributed by atoms with van der Waals surface area (Å²) in [6.07, 6.45) is 4.04. The number of rotatable bonds is 6. The van der Waals surface area contributed by atoms with Crippen molar-refractivity contribution in [2.75, 3.05) is 12.4 Å². The second-order valence-electron chi connectivity index (χ2n) is 7.51. The first-order valence-electron chi connectivity index (χ1n) is 9.37. The van der Waals surface area contributed by atoms with E-state index in [-0.39, 0.29) is 5.95 Å². The van der Waals surface area contributed by atoms with Crippen LogP contribution in [0.5, 0.6) is 5.75 Å². The molecule has 2 N–H and O–H groups in total. The van der Waals surface area contributed by atoms with Gasteiger partial charge in [0.05, 0.1) is 12.4 Å². The molecule has 28 heavy (non-hydrogen) atoms. The van der Waals surface area contributed by atoms with Crippen molar-refractivity contribution >= 4 is 21.7 Å². The van der Waals surface area contributed by atoms with Gasteiger partial charge in [-0.1, -0.05) is 19.3 Å². The molecule has 0 saturated heterocycles. The van der Waals surface area contributed by atoms with Gasteiger partial charge < -0.3 is 4.74 Å². The molecule has 1 heterocycles. The molecular weight excluding hydrogens is 380 g/mol. The minimum Gasteiger partial charge on any atom is -0.497 e. The van der Waals surface area contributed by atoms with Gasteiger partial charge in [-0.25, -0.2) is 8.42 Å². The number of anilines is 1. The van der Waals surface area contributed by atoms with Crippen LogP contribution in [0.1, 0.15) is 46.0 Å². The van der Waals surface area contributed by atoms with Gasteiger partial charge in [0, 0.05) is 5.56 Å². The van der Waals surface area contributed by atoms with Crippen LogP contribution in [-0.2, 0) is 14.6 Å². The van der Waals surface area contributed by atoms with E-state index in [1.165, 1.54) is 13.8 Å². The minimum absolute atomic E-state index is 0.0442. The summed E-state index contributed by atoms with van der Waals surface area (Å²) in [6, 6.07) is 7.19. The molecule has 1 aromatic carbocycles. The largest absolute Gasteiger partial charge is 0.497 e. The van der Waals surface area contributed by atoms with E-state index in [4.69, 9.17) is 4.74 Å². The number of carbonyl (C=O) groups is 1. The molecule has 0 aliphatic heterocycles. The molecule has 0 unspecified atom stereocenters. The summed E-state index contributed by atoms with van der Waals surface area (Å²) < 4.78 is 29.6. The average Bonchev–Trinajstić information content (AvgIpc) is 3.17. The van der Waals surface area contributed by atoms with Crippen molar-refractivity contribution in [3.05, 3.63) is 24.3 Å². The number of aromatic nitrogens is 3. The highest BCUT2D eigenvalue weighted by atomic mass is 32.2. The Labute approximate surface area is 165 Å². The number of nitrogens with one attached hydrogen (secondary N) is 2. The van der Waals surface area contributed by atoms with Crippen LogP contribution in [0.3, 0.4) is 0 Å². The number of methoxy groups -OCH3 is 1. The molecule has 1 aliphatic rings. The second kappa shape index (κ2) is 7.90. The quantitative estimate of drug-likeness (QED) is 0.762. The maximum Gasteiger partial charge on any atom is 0.249 e. The Morgan fingerprint density at radius 1 is 1.18 bits per heavy atom. The first-order chi connectivity index (χ1) is 13.3. The lowest BCUT2D eigenvalue weighted by Crippen LogP contribution is -2.49. The van der Waals surface area contributed by atoms with Crippen LogP contribution in [0.15, 0.2) is 24.3 Å². The number of ether oxygens (including phenoxy) is 1. The summed E-state index contributed by atoms with van der Waals surface area (Å²) in [5.41, 5.74) is 0.767. The SMILES string of the molecule is COc1ccc(-c2nc(NC(=O)C(C)(C)S(=O)(=O)C3CCCCC3)n[nH]2)cc1. The predicted octanol–water partition coefficient (Wildman–Crippen LogP) is 2.94. The highest BCUT2D eigenvalue weighted by molar-refractivity contribution is 7.94. The van der Waals surface area contributed by atoms with Gasteiger partial charge in [-0.3, -0.25) is 15.2 Å². The number of hydrogen-bond donors (Lipinski definition) is 2. The van der Waals surface area contributed by atoms with Gasteiger partial charge in [-0.05, 0) is 51.0 Å². The van der Waals surface area contributed by atoms with E-state index in [1.54, 1.807) is 19.2 Å². The van der Waals surface area contributed by atoms with Crippen LogP contribution in [0.25, 0.3) is 11.4 Å². The summed E-state index contributed by atoms with van der Waals surface area (Å²) in [4.78, 5) is 17.0. The van der Waals surface area contributed by atoms with Gasteiger partial charge in [0.2, 0.25) is 11.9 Å². The third-order valence-electron chi connectivity index (χ3n) is 5.32. The number of nitrogens with zero attached hydrogens (tertiary/aromatic N) is 2. The number of aromatic amines is 1. The van der Waals surface area contributed by atoms with Gasteiger partial charge in [-0.2, -0.15) is 4.98 Å². The number of sulfone groups is 1. The van der Waals surface area contributed by atoms with Gasteiger partial charge in [0.1, 0.15) is 10.5 Å². The highest BCUT2D eigenvalue weighted by Crippen LogP contribution is 2.32. The van der Waals surface area contributed by atoms with E-state index < -0.39 is 25.7 Å². The van der Waals surface area contributed by atoms with Crippen molar-refractivity contribution in [3.8, 4) is 17.1 Å². The smallest absolute Gasteiger partial charge is 0.249 e. The lowest BCUT2D eigenvalue weighted by molar-refractivity contribution is -0.117. The third kappa shape index (κ3) is 3.89. The van der Waals surface area contributed by atoms with Crippen LogP contribution in [0, 0.1) is 0 Å². The molecule has 2 aromatic rings. The Morgan fingerprint density at radius 2 is 1.82 bits per heavy atom. The first-order valence-corrected chi connectivity index (χ1v) is 10.9. The lowest BCUT2D eigenvalue weighted by atomic mass is 10.0. The zero-order chi connectivity index (χ0) is 20.4. The summed E-state index contributed by atoms with van der Waals surface area (Å²) in [7, 11) is -2.04. The van der Waals surface area contributed by atoms with Crippen LogP contribution in [0.4, 0.5) is 5.95 Å². The van der Waals surface area contributed by atoms with Crippen LogP contribution in [0.2, 0.25) is 0 Å².